The molecule has 1 heterocycles. The van der Waals surface area contributed by atoms with Crippen LogP contribution in [0, 0.1) is 6.92 Å². The monoisotopic (exact) mass is 376 g/mol. The lowest BCUT2D eigenvalue weighted by molar-refractivity contribution is 0.0732. The molecule has 0 unspecified atom stereocenters. The molecule has 1 fully saturated rings. The molecule has 7 nitrogen and oxygen atoms in total. The molecule has 0 atom stereocenters. The smallest absolute Gasteiger partial charge is 0.240 e. The molecule has 1 aliphatic rings. The highest BCUT2D eigenvalue weighted by molar-refractivity contribution is 7.89. The Bertz CT molecular complexity index is 834. The zero-order valence-electron chi connectivity index (χ0n) is 14.7. The minimum absolute atomic E-state index is 0.215. The van der Waals surface area contributed by atoms with Gasteiger partial charge in [0.1, 0.15) is 12.1 Å². The molecule has 26 heavy (non-hydrogen) atoms. The summed E-state index contributed by atoms with van der Waals surface area (Å²) < 4.78 is 27.0. The molecular formula is C18H24N4O3S. The van der Waals surface area contributed by atoms with Crippen molar-refractivity contribution in [2.24, 2.45) is 0 Å². The maximum atomic E-state index is 12.2. The number of anilines is 1. The molecule has 1 aromatic carbocycles. The summed E-state index contributed by atoms with van der Waals surface area (Å²) >= 11 is 0. The lowest BCUT2D eigenvalue weighted by Gasteiger charge is -2.30. The number of rotatable bonds is 8. The first-order chi connectivity index (χ1) is 12.4. The number of hydrogen-bond donors (Lipinski definition) is 3. The molecule has 0 amide bonds. The number of sulfonamides is 1. The Morgan fingerprint density at radius 1 is 1.15 bits per heavy atom. The van der Waals surface area contributed by atoms with Gasteiger partial charge >= 0.3 is 0 Å². The number of aliphatic hydroxyl groups excluding tert-OH is 1. The van der Waals surface area contributed by atoms with E-state index >= 15 is 0 Å². The lowest BCUT2D eigenvalue weighted by atomic mass is 9.80. The second-order valence-electron chi connectivity index (χ2n) is 6.64. The van der Waals surface area contributed by atoms with E-state index in [1.807, 2.05) is 13.0 Å². The van der Waals surface area contributed by atoms with Crippen molar-refractivity contribution in [2.75, 3.05) is 18.4 Å². The fourth-order valence-corrected chi connectivity index (χ4v) is 3.91. The van der Waals surface area contributed by atoms with E-state index in [0.29, 0.717) is 25.4 Å². The average Bonchev–Trinajstić information content (AvgIpc) is 2.59. The van der Waals surface area contributed by atoms with Crippen molar-refractivity contribution in [1.82, 2.24) is 14.7 Å². The number of aromatic nitrogens is 2. The quantitative estimate of drug-likeness (QED) is 0.607. The van der Waals surface area contributed by atoms with Gasteiger partial charge in [0.15, 0.2) is 0 Å². The lowest BCUT2D eigenvalue weighted by Crippen LogP contribution is -2.27. The summed E-state index contributed by atoms with van der Waals surface area (Å²) in [6, 6.07) is 8.67. The van der Waals surface area contributed by atoms with Gasteiger partial charge in [0, 0.05) is 30.8 Å². The fourth-order valence-electron chi connectivity index (χ4n) is 2.83. The summed E-state index contributed by atoms with van der Waals surface area (Å²) in [6.07, 6.45) is 3.43. The van der Waals surface area contributed by atoms with Crippen LogP contribution in [0.1, 0.15) is 36.4 Å². The Morgan fingerprint density at radius 2 is 1.88 bits per heavy atom. The second kappa shape index (κ2) is 8.11. The van der Waals surface area contributed by atoms with E-state index in [2.05, 4.69) is 20.0 Å². The molecule has 140 valence electrons. The van der Waals surface area contributed by atoms with Crippen LogP contribution < -0.4 is 10.0 Å². The van der Waals surface area contributed by atoms with E-state index < -0.39 is 10.0 Å². The molecule has 0 bridgehead atoms. The minimum Gasteiger partial charge on any atom is -0.393 e. The highest BCUT2D eigenvalue weighted by Crippen LogP contribution is 2.35. The van der Waals surface area contributed by atoms with Crippen LogP contribution in [0.25, 0.3) is 0 Å². The van der Waals surface area contributed by atoms with Gasteiger partial charge in [0.2, 0.25) is 10.0 Å². The highest BCUT2D eigenvalue weighted by atomic mass is 32.2. The largest absolute Gasteiger partial charge is 0.393 e. The number of hydrogen-bond acceptors (Lipinski definition) is 6. The first kappa shape index (κ1) is 18.8. The van der Waals surface area contributed by atoms with Crippen LogP contribution >= 0.6 is 0 Å². The Kier molecular flexibility index (Phi) is 5.85. The SMILES string of the molecule is Cc1ccc(S(=O)(=O)NCCCNc2cc(C3CC(O)C3)ncn2)cc1. The van der Waals surface area contributed by atoms with Crippen LogP contribution in [0.15, 0.2) is 41.6 Å². The third-order valence-corrected chi connectivity index (χ3v) is 5.98. The van der Waals surface area contributed by atoms with Crippen molar-refractivity contribution in [3.05, 3.63) is 47.9 Å². The van der Waals surface area contributed by atoms with Crippen LogP contribution in [0.5, 0.6) is 0 Å². The number of nitrogens with zero attached hydrogens (tertiary/aromatic N) is 2. The van der Waals surface area contributed by atoms with Gasteiger partial charge in [-0.2, -0.15) is 0 Å². The first-order valence-electron chi connectivity index (χ1n) is 8.74. The number of benzene rings is 1. The topological polar surface area (TPSA) is 104 Å². The number of nitrogens with one attached hydrogen (secondary N) is 2. The van der Waals surface area contributed by atoms with Crippen molar-refractivity contribution >= 4 is 15.8 Å². The van der Waals surface area contributed by atoms with E-state index in [-0.39, 0.29) is 11.0 Å². The van der Waals surface area contributed by atoms with E-state index in [1.165, 1.54) is 6.33 Å². The third kappa shape index (κ3) is 4.78. The van der Waals surface area contributed by atoms with Crippen molar-refractivity contribution < 1.29 is 13.5 Å². The molecular weight excluding hydrogens is 352 g/mol. The Labute approximate surface area is 153 Å². The molecule has 0 aliphatic heterocycles. The molecule has 3 rings (SSSR count). The maximum absolute atomic E-state index is 12.2. The molecule has 0 spiro atoms. The van der Waals surface area contributed by atoms with E-state index in [4.69, 9.17) is 0 Å². The summed E-state index contributed by atoms with van der Waals surface area (Å²) in [5, 5.41) is 12.6. The first-order valence-corrected chi connectivity index (χ1v) is 10.2. The summed E-state index contributed by atoms with van der Waals surface area (Å²) in [5.74, 6) is 1.02. The van der Waals surface area contributed by atoms with Crippen molar-refractivity contribution in [1.29, 1.82) is 0 Å². The summed E-state index contributed by atoms with van der Waals surface area (Å²) in [7, 11) is -3.47. The van der Waals surface area contributed by atoms with Crippen LogP contribution in [0.3, 0.4) is 0 Å². The minimum atomic E-state index is -3.47. The van der Waals surface area contributed by atoms with Crippen molar-refractivity contribution in [3.8, 4) is 0 Å². The zero-order valence-corrected chi connectivity index (χ0v) is 15.5. The number of aliphatic hydroxyl groups is 1. The number of aryl methyl sites for hydroxylation is 1. The summed E-state index contributed by atoms with van der Waals surface area (Å²) in [4.78, 5) is 8.71. The molecule has 1 aliphatic carbocycles. The standard InChI is InChI=1S/C18H24N4O3S/c1-13-3-5-16(6-4-13)26(24,25)22-8-2-7-19-18-11-17(20-12-21-18)14-9-15(23)10-14/h3-6,11-12,14-15,22-23H,2,7-10H2,1H3,(H,19,20,21). The van der Waals surface area contributed by atoms with Gasteiger partial charge in [0.05, 0.1) is 11.0 Å². The van der Waals surface area contributed by atoms with Gasteiger partial charge in [-0.25, -0.2) is 23.1 Å². The van der Waals surface area contributed by atoms with Crippen molar-refractivity contribution in [3.63, 3.8) is 0 Å². The summed E-state index contributed by atoms with van der Waals surface area (Å²) in [5.41, 5.74) is 1.96. The predicted molar refractivity (Wildman–Crippen MR) is 99.5 cm³/mol. The van der Waals surface area contributed by atoms with Gasteiger partial charge in [-0.15, -0.1) is 0 Å². The van der Waals surface area contributed by atoms with Crippen LogP contribution in [-0.4, -0.2) is 42.7 Å². The molecule has 8 heteroatoms. The van der Waals surface area contributed by atoms with Gasteiger partial charge in [-0.3, -0.25) is 0 Å². The van der Waals surface area contributed by atoms with Gasteiger partial charge < -0.3 is 10.4 Å². The highest BCUT2D eigenvalue weighted by Gasteiger charge is 2.29. The van der Waals surface area contributed by atoms with E-state index in [1.54, 1.807) is 24.3 Å². The predicted octanol–water partition coefficient (Wildman–Crippen LogP) is 1.80. The Hall–Kier alpha value is -2.03. The average molecular weight is 376 g/mol. The molecule has 1 aromatic heterocycles. The van der Waals surface area contributed by atoms with Crippen LogP contribution in [-0.2, 0) is 10.0 Å². The van der Waals surface area contributed by atoms with Crippen LogP contribution in [0.2, 0.25) is 0 Å². The second-order valence-corrected chi connectivity index (χ2v) is 8.41. The maximum Gasteiger partial charge on any atom is 0.240 e. The van der Waals surface area contributed by atoms with E-state index in [9.17, 15) is 13.5 Å². The molecule has 0 radical (unpaired) electrons. The molecule has 2 aromatic rings. The molecule has 1 saturated carbocycles. The fraction of sp³-hybridized carbons (Fsp3) is 0.444. The van der Waals surface area contributed by atoms with Crippen molar-refractivity contribution in [2.45, 2.75) is 43.1 Å². The van der Waals surface area contributed by atoms with Gasteiger partial charge in [-0.05, 0) is 38.3 Å². The van der Waals surface area contributed by atoms with E-state index in [0.717, 1.165) is 29.9 Å². The van der Waals surface area contributed by atoms with Gasteiger partial charge in [-0.1, -0.05) is 17.7 Å². The third-order valence-electron chi connectivity index (χ3n) is 4.50. The Balaban J connectivity index is 1.43. The van der Waals surface area contributed by atoms with Gasteiger partial charge in [0.25, 0.3) is 0 Å². The molecule has 0 saturated heterocycles. The van der Waals surface area contributed by atoms with Crippen LogP contribution in [0.4, 0.5) is 5.82 Å². The molecule has 3 N–H and O–H groups in total. The normalized spacial score (nSPS) is 19.8. The Morgan fingerprint density at radius 3 is 2.58 bits per heavy atom. The zero-order chi connectivity index (χ0) is 18.6. The summed E-state index contributed by atoms with van der Waals surface area (Å²) in [6.45, 7) is 2.86.